The van der Waals surface area contributed by atoms with E-state index in [1.54, 1.807) is 10.6 Å². The van der Waals surface area contributed by atoms with E-state index in [4.69, 9.17) is 0 Å². The van der Waals surface area contributed by atoms with Gasteiger partial charge in [-0.15, -0.1) is 0 Å². The van der Waals surface area contributed by atoms with Crippen LogP contribution in [-0.4, -0.2) is 39.5 Å². The number of carbonyl (C=O) groups excluding carboxylic acids is 2. The number of hydrogen-bond acceptors (Lipinski definition) is 5. The van der Waals surface area contributed by atoms with Crippen molar-refractivity contribution >= 4 is 17.4 Å². The Bertz CT molecular complexity index is 1160. The summed E-state index contributed by atoms with van der Waals surface area (Å²) in [4.78, 5) is 39.9. The fourth-order valence-electron chi connectivity index (χ4n) is 6.04. The molecule has 5 rings (SSSR count). The quantitative estimate of drug-likeness (QED) is 0.656. The van der Waals surface area contributed by atoms with Gasteiger partial charge >= 0.3 is 5.56 Å². The lowest BCUT2D eigenvalue weighted by Gasteiger charge is -2.43. The van der Waals surface area contributed by atoms with Crippen LogP contribution in [0.5, 0.6) is 0 Å². The molecule has 2 aromatic rings. The van der Waals surface area contributed by atoms with E-state index < -0.39 is 10.8 Å². The molecule has 8 heteroatoms. The van der Waals surface area contributed by atoms with Crippen LogP contribution in [0.1, 0.15) is 61.3 Å². The lowest BCUT2D eigenvalue weighted by atomic mass is 9.82. The van der Waals surface area contributed by atoms with Gasteiger partial charge in [-0.3, -0.25) is 14.4 Å². The Balaban J connectivity index is 1.28. The summed E-state index contributed by atoms with van der Waals surface area (Å²) in [5.41, 5.74) is 2.27. The van der Waals surface area contributed by atoms with Crippen LogP contribution in [0.15, 0.2) is 41.2 Å². The monoisotopic (exact) mass is 465 g/mol. The van der Waals surface area contributed by atoms with Gasteiger partial charge in [0, 0.05) is 49.7 Å². The molecule has 2 N–H and O–H groups in total. The lowest BCUT2D eigenvalue weighted by molar-refractivity contribution is -0.992. The highest BCUT2D eigenvalue weighted by Gasteiger charge is 2.38. The summed E-state index contributed by atoms with van der Waals surface area (Å²) in [5, 5.41) is 19.4. The smallest absolute Gasteiger partial charge is 0.315 e. The predicted molar refractivity (Wildman–Crippen MR) is 125 cm³/mol. The van der Waals surface area contributed by atoms with Crippen molar-refractivity contribution in [2.24, 2.45) is 11.8 Å². The number of hydrogen-bond donors (Lipinski definition) is 2. The molecule has 3 aliphatic rings. The summed E-state index contributed by atoms with van der Waals surface area (Å²) in [7, 11) is 0. The minimum absolute atomic E-state index is 0.0329. The fourth-order valence-corrected chi connectivity index (χ4v) is 6.04. The Morgan fingerprint density at radius 3 is 2.59 bits per heavy atom. The number of carbonyl (C=O) groups is 2. The largest absolute Gasteiger partial charge is 0.595 e. The number of amides is 1. The first-order valence-electron chi connectivity index (χ1n) is 12.2. The van der Waals surface area contributed by atoms with E-state index in [1.165, 1.54) is 6.07 Å². The van der Waals surface area contributed by atoms with E-state index in [0.717, 1.165) is 42.5 Å². The summed E-state index contributed by atoms with van der Waals surface area (Å²) in [6.45, 7) is 3.48. The number of fused-ring (bicyclic) bond motifs is 4. The number of nitrogens with zero attached hydrogens (tertiary/aromatic N) is 2. The Hall–Kier alpha value is -2.81. The van der Waals surface area contributed by atoms with Crippen molar-refractivity contribution in [1.82, 2.24) is 9.47 Å². The van der Waals surface area contributed by atoms with Crippen molar-refractivity contribution in [2.45, 2.75) is 57.4 Å². The molecular formula is C26H31N3O5. The molecule has 5 atom stereocenters. The predicted octanol–water partition coefficient (Wildman–Crippen LogP) is 1.91. The average Bonchev–Trinajstić information content (AvgIpc) is 3.23. The normalized spacial score (nSPS) is 25.7. The maximum Gasteiger partial charge on any atom is 0.315 e. The molecule has 0 spiro atoms. The minimum atomic E-state index is -1.21. The molecule has 1 unspecified atom stereocenters. The summed E-state index contributed by atoms with van der Waals surface area (Å²) >= 11 is 0. The van der Waals surface area contributed by atoms with E-state index in [1.807, 2.05) is 36.1 Å². The number of aromatic nitrogens is 1. The third-order valence-electron chi connectivity index (χ3n) is 7.91. The number of rotatable bonds is 5. The van der Waals surface area contributed by atoms with Crippen LogP contribution in [0.4, 0.5) is 5.69 Å². The molecule has 0 radical (unpaired) electrons. The number of nitrogens with one attached hydrogen (secondary N) is 1. The van der Waals surface area contributed by atoms with E-state index in [-0.39, 0.29) is 35.3 Å². The van der Waals surface area contributed by atoms with Crippen LogP contribution in [0.2, 0.25) is 0 Å². The Kier molecular flexibility index (Phi) is 6.14. The molecule has 1 aliphatic carbocycles. The molecule has 1 amide bonds. The van der Waals surface area contributed by atoms with Gasteiger partial charge in [-0.05, 0) is 55.7 Å². The number of ketones is 1. The second-order valence-corrected chi connectivity index (χ2v) is 10.2. The van der Waals surface area contributed by atoms with Gasteiger partial charge in [0.05, 0.1) is 5.92 Å². The molecule has 1 aromatic carbocycles. The van der Waals surface area contributed by atoms with Crippen molar-refractivity contribution < 1.29 is 20.0 Å². The van der Waals surface area contributed by atoms with E-state index in [9.17, 15) is 24.8 Å². The van der Waals surface area contributed by atoms with E-state index in [0.29, 0.717) is 31.8 Å². The second kappa shape index (κ2) is 9.09. The fraction of sp³-hybridized carbons (Fsp3) is 0.500. The van der Waals surface area contributed by atoms with Gasteiger partial charge < -0.3 is 14.7 Å². The highest BCUT2D eigenvalue weighted by Crippen LogP contribution is 2.36. The van der Waals surface area contributed by atoms with Crippen LogP contribution in [-0.2, 0) is 22.6 Å². The Labute approximate surface area is 198 Å². The highest BCUT2D eigenvalue weighted by molar-refractivity contribution is 5.84. The van der Waals surface area contributed by atoms with Gasteiger partial charge in [-0.2, -0.15) is 5.23 Å². The zero-order valence-electron chi connectivity index (χ0n) is 19.4. The van der Waals surface area contributed by atoms with Gasteiger partial charge in [0.15, 0.2) is 0 Å². The van der Waals surface area contributed by atoms with Gasteiger partial charge in [-0.25, -0.2) is 5.21 Å². The molecule has 2 bridgehead atoms. The maximum absolute atomic E-state index is 13.4. The van der Waals surface area contributed by atoms with Crippen LogP contribution >= 0.6 is 0 Å². The number of likely N-dealkylation sites (tertiary alicyclic amines) is 1. The Morgan fingerprint density at radius 1 is 1.15 bits per heavy atom. The third kappa shape index (κ3) is 4.21. The van der Waals surface area contributed by atoms with Crippen molar-refractivity contribution in [1.29, 1.82) is 0 Å². The SMILES string of the molecule is C[C@@H](C(=O)N1C[C@@H]2C[C@@H](C1)c1ccc([NH+]([O-])O)c(=O)n1C2)c1ccc(C[C@@H]2CCCC2=O)cc1. The van der Waals surface area contributed by atoms with Gasteiger partial charge in [-0.1, -0.05) is 24.3 Å². The first-order chi connectivity index (χ1) is 16.3. The van der Waals surface area contributed by atoms with Gasteiger partial charge in [0.2, 0.25) is 11.6 Å². The molecule has 2 aliphatic heterocycles. The summed E-state index contributed by atoms with van der Waals surface area (Å²) in [5.74, 6) is 0.468. The molecule has 180 valence electrons. The lowest BCUT2D eigenvalue weighted by Crippen LogP contribution is -3.00. The maximum atomic E-state index is 13.4. The topological polar surface area (TPSA) is 107 Å². The molecule has 1 saturated heterocycles. The second-order valence-electron chi connectivity index (χ2n) is 10.2. The van der Waals surface area contributed by atoms with Gasteiger partial charge in [0.1, 0.15) is 5.78 Å². The summed E-state index contributed by atoms with van der Waals surface area (Å²) in [6.07, 6.45) is 4.34. The molecule has 3 heterocycles. The molecule has 8 nitrogen and oxygen atoms in total. The minimum Gasteiger partial charge on any atom is -0.595 e. The highest BCUT2D eigenvalue weighted by atomic mass is 16.8. The van der Waals surface area contributed by atoms with Crippen LogP contribution in [0.3, 0.4) is 0 Å². The van der Waals surface area contributed by atoms with E-state index in [2.05, 4.69) is 0 Å². The average molecular weight is 466 g/mol. The number of Topliss-reactive ketones (excluding diaryl/α,β-unsaturated/α-hetero) is 1. The number of benzene rings is 1. The third-order valence-corrected chi connectivity index (χ3v) is 7.91. The first kappa shape index (κ1) is 23.0. The first-order valence-corrected chi connectivity index (χ1v) is 12.2. The molecule has 1 saturated carbocycles. The number of quaternary nitrogens is 1. The van der Waals surface area contributed by atoms with Crippen LogP contribution in [0.25, 0.3) is 0 Å². The van der Waals surface area contributed by atoms with Crippen molar-refractivity contribution in [3.8, 4) is 0 Å². The van der Waals surface area contributed by atoms with Crippen molar-refractivity contribution in [3.63, 3.8) is 0 Å². The molecular weight excluding hydrogens is 434 g/mol. The molecule has 1 aromatic heterocycles. The van der Waals surface area contributed by atoms with E-state index >= 15 is 0 Å². The zero-order chi connectivity index (χ0) is 24.0. The molecule has 2 fully saturated rings. The van der Waals surface area contributed by atoms with Gasteiger partial charge in [0.25, 0.3) is 0 Å². The zero-order valence-corrected chi connectivity index (χ0v) is 19.4. The number of piperidine rings is 1. The Morgan fingerprint density at radius 2 is 1.91 bits per heavy atom. The summed E-state index contributed by atoms with van der Waals surface area (Å²) < 4.78 is 1.60. The van der Waals surface area contributed by atoms with Crippen LogP contribution in [0, 0.1) is 17.0 Å². The number of pyridine rings is 1. The summed E-state index contributed by atoms with van der Waals surface area (Å²) in [6, 6.07) is 11.2. The van der Waals surface area contributed by atoms with Crippen molar-refractivity contribution in [3.05, 3.63) is 68.8 Å². The van der Waals surface area contributed by atoms with Crippen LogP contribution < -0.4 is 10.8 Å². The van der Waals surface area contributed by atoms with Crippen molar-refractivity contribution in [2.75, 3.05) is 13.1 Å². The molecule has 34 heavy (non-hydrogen) atoms. The standard InChI is InChI=1S/C26H31N3O5/c1-16(19-7-5-17(6-8-19)11-20-3-2-4-24(20)30)25(31)27-13-18-12-21(15-27)22-9-10-23(29(33)34)26(32)28(22)14-18/h5-10,16,18,20-21,29,33H,2-4,11-15H2,1H3/t16-,18+,20+,21+/m1/s1.